The van der Waals surface area contributed by atoms with Crippen LogP contribution in [0.2, 0.25) is 0 Å². The van der Waals surface area contributed by atoms with Crippen LogP contribution in [0.3, 0.4) is 0 Å². The molecule has 1 aliphatic rings. The van der Waals surface area contributed by atoms with Gasteiger partial charge in [-0.1, -0.05) is 19.8 Å². The molecule has 1 saturated carbocycles. The van der Waals surface area contributed by atoms with Gasteiger partial charge in [-0.25, -0.2) is 4.98 Å². The van der Waals surface area contributed by atoms with Crippen molar-refractivity contribution >= 4 is 0 Å². The highest BCUT2D eigenvalue weighted by molar-refractivity contribution is 5.11. The molecule has 1 fully saturated rings. The van der Waals surface area contributed by atoms with Gasteiger partial charge in [0, 0.05) is 18.4 Å². The molecule has 0 saturated heterocycles. The minimum absolute atomic E-state index is 0.236. The first kappa shape index (κ1) is 9.71. The van der Waals surface area contributed by atoms with Crippen molar-refractivity contribution in [2.45, 2.75) is 44.4 Å². The van der Waals surface area contributed by atoms with Crippen LogP contribution in [0.5, 0.6) is 0 Å². The number of nitrogens with zero attached hydrogens (tertiary/aromatic N) is 1. The van der Waals surface area contributed by atoms with E-state index < -0.39 is 0 Å². The van der Waals surface area contributed by atoms with Gasteiger partial charge in [0.2, 0.25) is 0 Å². The molecule has 0 spiro atoms. The first-order chi connectivity index (χ1) is 6.74. The second kappa shape index (κ2) is 3.73. The smallest absolute Gasteiger partial charge is 0.195 e. The zero-order chi connectivity index (χ0) is 10.0. The molecule has 2 N–H and O–H groups in total. The van der Waals surface area contributed by atoms with Gasteiger partial charge in [-0.05, 0) is 12.8 Å². The van der Waals surface area contributed by atoms with Crippen molar-refractivity contribution in [1.29, 1.82) is 0 Å². The summed E-state index contributed by atoms with van der Waals surface area (Å²) in [5.41, 5.74) is 5.69. The van der Waals surface area contributed by atoms with E-state index in [1.54, 1.807) is 0 Å². The van der Waals surface area contributed by atoms with Crippen LogP contribution < -0.4 is 5.73 Å². The van der Waals surface area contributed by atoms with Crippen LogP contribution in [-0.2, 0) is 11.8 Å². The molecular weight excluding hydrogens is 176 g/mol. The Morgan fingerprint density at radius 3 is 2.86 bits per heavy atom. The summed E-state index contributed by atoms with van der Waals surface area (Å²) in [5.74, 6) is 1.84. The minimum Gasteiger partial charge on any atom is -0.445 e. The maximum atomic E-state index is 5.72. The van der Waals surface area contributed by atoms with Crippen molar-refractivity contribution in [2.24, 2.45) is 5.73 Å². The largest absolute Gasteiger partial charge is 0.445 e. The van der Waals surface area contributed by atoms with E-state index in [9.17, 15) is 0 Å². The van der Waals surface area contributed by atoms with Gasteiger partial charge in [-0.2, -0.15) is 0 Å². The average Bonchev–Trinajstić information content (AvgIpc) is 2.75. The van der Waals surface area contributed by atoms with E-state index in [1.165, 1.54) is 25.7 Å². The fourth-order valence-electron chi connectivity index (χ4n) is 2.23. The molecule has 78 valence electrons. The Labute approximate surface area is 84.7 Å². The molecule has 0 unspecified atom stereocenters. The predicted molar refractivity (Wildman–Crippen MR) is 55.1 cm³/mol. The quantitative estimate of drug-likeness (QED) is 0.800. The van der Waals surface area contributed by atoms with Crippen LogP contribution in [0.1, 0.15) is 44.3 Å². The molecule has 0 aliphatic heterocycles. The second-order valence-corrected chi connectivity index (χ2v) is 4.42. The van der Waals surface area contributed by atoms with Crippen molar-refractivity contribution in [2.75, 3.05) is 6.54 Å². The maximum Gasteiger partial charge on any atom is 0.195 e. The standard InChI is InChI=1S/C11H18N2O/c1-11(5-2-3-6-11)9-8-13-10(14-9)4-7-12/h8H,2-7,12H2,1H3. The third kappa shape index (κ3) is 1.69. The van der Waals surface area contributed by atoms with E-state index in [4.69, 9.17) is 10.2 Å². The first-order valence-electron chi connectivity index (χ1n) is 5.40. The van der Waals surface area contributed by atoms with Gasteiger partial charge in [0.05, 0.1) is 6.20 Å². The molecule has 1 aliphatic carbocycles. The Kier molecular flexibility index (Phi) is 2.59. The third-order valence-electron chi connectivity index (χ3n) is 3.21. The maximum absolute atomic E-state index is 5.72. The topological polar surface area (TPSA) is 52.0 Å². The Balaban J connectivity index is 2.15. The monoisotopic (exact) mass is 194 g/mol. The summed E-state index contributed by atoms with van der Waals surface area (Å²) >= 11 is 0. The van der Waals surface area contributed by atoms with Gasteiger partial charge in [0.25, 0.3) is 0 Å². The van der Waals surface area contributed by atoms with Gasteiger partial charge >= 0.3 is 0 Å². The van der Waals surface area contributed by atoms with E-state index in [2.05, 4.69) is 11.9 Å². The highest BCUT2D eigenvalue weighted by atomic mass is 16.4. The van der Waals surface area contributed by atoms with E-state index in [-0.39, 0.29) is 5.41 Å². The molecule has 2 rings (SSSR count). The van der Waals surface area contributed by atoms with Crippen molar-refractivity contribution in [3.8, 4) is 0 Å². The zero-order valence-corrected chi connectivity index (χ0v) is 8.75. The van der Waals surface area contributed by atoms with Gasteiger partial charge in [0.15, 0.2) is 5.89 Å². The average molecular weight is 194 g/mol. The summed E-state index contributed by atoms with van der Waals surface area (Å²) < 4.78 is 5.72. The van der Waals surface area contributed by atoms with Gasteiger partial charge in [-0.15, -0.1) is 0 Å². The second-order valence-electron chi connectivity index (χ2n) is 4.42. The van der Waals surface area contributed by atoms with Crippen LogP contribution in [0.15, 0.2) is 10.6 Å². The number of aromatic nitrogens is 1. The fourth-order valence-corrected chi connectivity index (χ4v) is 2.23. The Morgan fingerprint density at radius 2 is 2.21 bits per heavy atom. The molecule has 0 atom stereocenters. The molecule has 0 radical (unpaired) electrons. The number of nitrogens with two attached hydrogens (primary N) is 1. The minimum atomic E-state index is 0.236. The molecule has 3 nitrogen and oxygen atoms in total. The zero-order valence-electron chi connectivity index (χ0n) is 8.75. The van der Waals surface area contributed by atoms with E-state index in [0.717, 1.165) is 18.1 Å². The molecule has 1 heterocycles. The molecule has 1 aromatic rings. The lowest BCUT2D eigenvalue weighted by atomic mass is 9.87. The van der Waals surface area contributed by atoms with Crippen LogP contribution in [0.4, 0.5) is 0 Å². The van der Waals surface area contributed by atoms with Crippen molar-refractivity contribution < 1.29 is 4.42 Å². The van der Waals surface area contributed by atoms with Gasteiger partial charge in [-0.3, -0.25) is 0 Å². The SMILES string of the molecule is CC1(c2cnc(CCN)o2)CCCC1. The summed E-state index contributed by atoms with van der Waals surface area (Å²) in [4.78, 5) is 4.25. The van der Waals surface area contributed by atoms with E-state index in [1.807, 2.05) is 6.20 Å². The molecular formula is C11H18N2O. The van der Waals surface area contributed by atoms with Crippen molar-refractivity contribution in [3.63, 3.8) is 0 Å². The summed E-state index contributed by atoms with van der Waals surface area (Å²) in [7, 11) is 0. The number of oxazole rings is 1. The Hall–Kier alpha value is -0.830. The predicted octanol–water partition coefficient (Wildman–Crippen LogP) is 2.01. The van der Waals surface area contributed by atoms with Crippen LogP contribution >= 0.6 is 0 Å². The highest BCUT2D eigenvalue weighted by Gasteiger charge is 2.33. The van der Waals surface area contributed by atoms with E-state index >= 15 is 0 Å². The normalized spacial score (nSPS) is 20.1. The lowest BCUT2D eigenvalue weighted by Gasteiger charge is -2.19. The summed E-state index contributed by atoms with van der Waals surface area (Å²) in [6, 6.07) is 0. The first-order valence-corrected chi connectivity index (χ1v) is 5.40. The summed E-state index contributed by atoms with van der Waals surface area (Å²) in [6.45, 7) is 2.88. The Morgan fingerprint density at radius 1 is 1.50 bits per heavy atom. The number of rotatable bonds is 3. The van der Waals surface area contributed by atoms with Crippen molar-refractivity contribution in [3.05, 3.63) is 17.8 Å². The molecule has 14 heavy (non-hydrogen) atoms. The van der Waals surface area contributed by atoms with Crippen LogP contribution in [0.25, 0.3) is 0 Å². The third-order valence-corrected chi connectivity index (χ3v) is 3.21. The number of hydrogen-bond donors (Lipinski definition) is 1. The lowest BCUT2D eigenvalue weighted by Crippen LogP contribution is -2.15. The highest BCUT2D eigenvalue weighted by Crippen LogP contribution is 2.40. The summed E-state index contributed by atoms with van der Waals surface area (Å²) in [5, 5.41) is 0. The van der Waals surface area contributed by atoms with Gasteiger partial charge < -0.3 is 10.2 Å². The van der Waals surface area contributed by atoms with Crippen LogP contribution in [-0.4, -0.2) is 11.5 Å². The van der Waals surface area contributed by atoms with Gasteiger partial charge in [0.1, 0.15) is 5.76 Å². The van der Waals surface area contributed by atoms with E-state index in [0.29, 0.717) is 6.54 Å². The molecule has 0 amide bonds. The summed E-state index contributed by atoms with van der Waals surface area (Å²) in [6.07, 6.45) is 7.70. The molecule has 3 heteroatoms. The molecule has 0 aromatic carbocycles. The van der Waals surface area contributed by atoms with Crippen LogP contribution in [0, 0.1) is 0 Å². The lowest BCUT2D eigenvalue weighted by molar-refractivity contribution is 0.348. The molecule has 1 aromatic heterocycles. The van der Waals surface area contributed by atoms with Crippen molar-refractivity contribution in [1.82, 2.24) is 4.98 Å². The Bertz CT molecular complexity index is 300. The fraction of sp³-hybridized carbons (Fsp3) is 0.727. The number of hydrogen-bond acceptors (Lipinski definition) is 3. The molecule has 0 bridgehead atoms.